The van der Waals surface area contributed by atoms with Gasteiger partial charge in [0.2, 0.25) is 0 Å². The molecule has 0 aliphatic rings. The summed E-state index contributed by atoms with van der Waals surface area (Å²) >= 11 is 0. The Morgan fingerprint density at radius 1 is 1.10 bits per heavy atom. The van der Waals surface area contributed by atoms with Crippen LogP contribution in [0.3, 0.4) is 0 Å². The largest absolute Gasteiger partial charge is 0.394 e. The van der Waals surface area contributed by atoms with Crippen LogP contribution in [-0.2, 0) is 0 Å². The van der Waals surface area contributed by atoms with Gasteiger partial charge in [0.1, 0.15) is 17.2 Å². The highest BCUT2D eigenvalue weighted by Crippen LogP contribution is 2.19. The molecular weight excluding hydrogens is 404 g/mol. The molecule has 0 bridgehead atoms. The Labute approximate surface area is 178 Å². The SMILES string of the molecule is Cc1ccc(-c2cc(C(=O)N[C@H](CO)C(C)C)c(=O)n(-c3cc(F)cc(F)c3)n2)cc1. The smallest absolute Gasteiger partial charge is 0.284 e. The lowest BCUT2D eigenvalue weighted by Gasteiger charge is -2.20. The van der Waals surface area contributed by atoms with Gasteiger partial charge in [-0.15, -0.1) is 0 Å². The molecule has 0 unspecified atom stereocenters. The molecule has 1 amide bonds. The van der Waals surface area contributed by atoms with E-state index >= 15 is 0 Å². The number of hydrogen-bond acceptors (Lipinski definition) is 4. The van der Waals surface area contributed by atoms with E-state index in [1.165, 1.54) is 6.07 Å². The molecule has 0 aliphatic carbocycles. The number of hydrogen-bond donors (Lipinski definition) is 2. The molecule has 8 heteroatoms. The van der Waals surface area contributed by atoms with Crippen LogP contribution in [0.4, 0.5) is 8.78 Å². The Hall–Kier alpha value is -3.39. The van der Waals surface area contributed by atoms with Crippen LogP contribution < -0.4 is 10.9 Å². The number of rotatable bonds is 6. The minimum absolute atomic E-state index is 0.0769. The lowest BCUT2D eigenvalue weighted by molar-refractivity contribution is 0.0894. The van der Waals surface area contributed by atoms with E-state index in [2.05, 4.69) is 10.4 Å². The fraction of sp³-hybridized carbons (Fsp3) is 0.261. The average Bonchev–Trinajstić information content (AvgIpc) is 2.71. The molecule has 0 spiro atoms. The van der Waals surface area contributed by atoms with Gasteiger partial charge in [-0.05, 0) is 31.0 Å². The van der Waals surface area contributed by atoms with Crippen molar-refractivity contribution in [3.8, 4) is 16.9 Å². The summed E-state index contributed by atoms with van der Waals surface area (Å²) in [6, 6.07) is 10.6. The third kappa shape index (κ3) is 5.03. The van der Waals surface area contributed by atoms with E-state index in [1.54, 1.807) is 12.1 Å². The summed E-state index contributed by atoms with van der Waals surface area (Å²) in [7, 11) is 0. The molecule has 0 saturated heterocycles. The van der Waals surface area contributed by atoms with Gasteiger partial charge in [-0.3, -0.25) is 9.59 Å². The second-order valence-electron chi connectivity index (χ2n) is 7.66. The van der Waals surface area contributed by atoms with Crippen molar-refractivity contribution in [2.45, 2.75) is 26.8 Å². The van der Waals surface area contributed by atoms with E-state index in [1.807, 2.05) is 32.9 Å². The first kappa shape index (κ1) is 22.3. The zero-order chi connectivity index (χ0) is 22.7. The Bertz CT molecular complexity index is 1140. The van der Waals surface area contributed by atoms with Crippen molar-refractivity contribution in [2.75, 3.05) is 6.61 Å². The van der Waals surface area contributed by atoms with E-state index in [0.29, 0.717) is 11.6 Å². The third-order valence-corrected chi connectivity index (χ3v) is 4.91. The molecule has 0 radical (unpaired) electrons. The highest BCUT2D eigenvalue weighted by molar-refractivity contribution is 5.95. The second kappa shape index (κ2) is 9.18. The maximum Gasteiger partial charge on any atom is 0.284 e. The maximum absolute atomic E-state index is 13.8. The van der Waals surface area contributed by atoms with Gasteiger partial charge in [0.05, 0.1) is 24.0 Å². The van der Waals surface area contributed by atoms with Crippen molar-refractivity contribution in [3.05, 3.63) is 81.6 Å². The van der Waals surface area contributed by atoms with Crippen LogP contribution in [0.25, 0.3) is 16.9 Å². The predicted octanol–water partition coefficient (Wildman–Crippen LogP) is 3.23. The van der Waals surface area contributed by atoms with Gasteiger partial charge >= 0.3 is 0 Å². The quantitative estimate of drug-likeness (QED) is 0.633. The molecule has 0 saturated carbocycles. The summed E-state index contributed by atoms with van der Waals surface area (Å²) in [5, 5.41) is 16.4. The molecule has 1 heterocycles. The first-order valence-electron chi connectivity index (χ1n) is 9.79. The minimum Gasteiger partial charge on any atom is -0.394 e. The lowest BCUT2D eigenvalue weighted by Crippen LogP contribution is -2.43. The molecule has 31 heavy (non-hydrogen) atoms. The van der Waals surface area contributed by atoms with Gasteiger partial charge in [-0.1, -0.05) is 43.7 Å². The number of nitrogens with one attached hydrogen (secondary N) is 1. The van der Waals surface area contributed by atoms with E-state index in [9.17, 15) is 23.5 Å². The van der Waals surface area contributed by atoms with Crippen LogP contribution in [0.5, 0.6) is 0 Å². The number of aromatic nitrogens is 2. The number of halogens is 2. The number of carbonyl (C=O) groups is 1. The van der Waals surface area contributed by atoms with Gasteiger partial charge in [0.25, 0.3) is 11.5 Å². The fourth-order valence-corrected chi connectivity index (χ4v) is 3.03. The van der Waals surface area contributed by atoms with Crippen molar-refractivity contribution in [2.24, 2.45) is 5.92 Å². The molecule has 2 aromatic carbocycles. The van der Waals surface area contributed by atoms with Crippen molar-refractivity contribution in [1.82, 2.24) is 15.1 Å². The van der Waals surface area contributed by atoms with E-state index in [4.69, 9.17) is 0 Å². The molecule has 3 rings (SSSR count). The Balaban J connectivity index is 2.19. The van der Waals surface area contributed by atoms with Crippen LogP contribution in [0.2, 0.25) is 0 Å². The highest BCUT2D eigenvalue weighted by Gasteiger charge is 2.22. The van der Waals surface area contributed by atoms with Crippen LogP contribution in [-0.4, -0.2) is 33.4 Å². The maximum atomic E-state index is 13.8. The molecular formula is C23H23F2N3O3. The zero-order valence-corrected chi connectivity index (χ0v) is 17.4. The lowest BCUT2D eigenvalue weighted by atomic mass is 10.0. The Kier molecular flexibility index (Phi) is 6.60. The van der Waals surface area contributed by atoms with Crippen LogP contribution in [0.1, 0.15) is 29.8 Å². The Morgan fingerprint density at radius 3 is 2.26 bits per heavy atom. The van der Waals surface area contributed by atoms with Crippen molar-refractivity contribution in [1.29, 1.82) is 0 Å². The summed E-state index contributed by atoms with van der Waals surface area (Å²) in [4.78, 5) is 25.9. The number of amides is 1. The molecule has 3 aromatic rings. The standard InChI is InChI=1S/C23H23F2N3O3/c1-13(2)21(12-29)26-22(30)19-11-20(15-6-4-14(3)5-7-15)27-28(23(19)31)18-9-16(24)8-17(25)10-18/h4-11,13,21,29H,12H2,1-3H3,(H,26,30)/t21-/m1/s1. The summed E-state index contributed by atoms with van der Waals surface area (Å²) in [5.41, 5.74) is 0.665. The van der Waals surface area contributed by atoms with Gasteiger partial charge in [-0.25, -0.2) is 8.78 Å². The molecule has 2 N–H and O–H groups in total. The highest BCUT2D eigenvalue weighted by atomic mass is 19.1. The number of benzene rings is 2. The number of aryl methyl sites for hydroxylation is 1. The van der Waals surface area contributed by atoms with Crippen molar-refractivity contribution in [3.63, 3.8) is 0 Å². The van der Waals surface area contributed by atoms with Gasteiger partial charge in [0.15, 0.2) is 0 Å². The van der Waals surface area contributed by atoms with Gasteiger partial charge < -0.3 is 10.4 Å². The second-order valence-corrected chi connectivity index (χ2v) is 7.66. The van der Waals surface area contributed by atoms with Crippen LogP contribution >= 0.6 is 0 Å². The summed E-state index contributed by atoms with van der Waals surface area (Å²) < 4.78 is 28.4. The van der Waals surface area contributed by atoms with E-state index in [0.717, 1.165) is 22.4 Å². The number of aliphatic hydroxyl groups excluding tert-OH is 1. The average molecular weight is 427 g/mol. The normalized spacial score (nSPS) is 12.1. The third-order valence-electron chi connectivity index (χ3n) is 4.91. The van der Waals surface area contributed by atoms with E-state index in [-0.39, 0.29) is 29.5 Å². The van der Waals surface area contributed by atoms with Crippen molar-refractivity contribution >= 4 is 5.91 Å². The summed E-state index contributed by atoms with van der Waals surface area (Å²) in [5.74, 6) is -2.54. The van der Waals surface area contributed by atoms with Gasteiger partial charge in [-0.2, -0.15) is 9.78 Å². The number of nitrogens with zero attached hydrogens (tertiary/aromatic N) is 2. The van der Waals surface area contributed by atoms with Crippen molar-refractivity contribution < 1.29 is 18.7 Å². The molecule has 0 fully saturated rings. The Morgan fingerprint density at radius 2 is 1.71 bits per heavy atom. The van der Waals surface area contributed by atoms with Crippen LogP contribution in [0.15, 0.2) is 53.3 Å². The van der Waals surface area contributed by atoms with Gasteiger partial charge in [0, 0.05) is 11.6 Å². The topological polar surface area (TPSA) is 84.2 Å². The van der Waals surface area contributed by atoms with E-state index < -0.39 is 29.1 Å². The zero-order valence-electron chi connectivity index (χ0n) is 17.4. The molecule has 1 aromatic heterocycles. The molecule has 0 aliphatic heterocycles. The summed E-state index contributed by atoms with van der Waals surface area (Å²) in [6.07, 6.45) is 0. The molecule has 162 valence electrons. The first-order valence-corrected chi connectivity index (χ1v) is 9.79. The minimum atomic E-state index is -0.879. The number of carbonyl (C=O) groups excluding carboxylic acids is 1. The monoisotopic (exact) mass is 427 g/mol. The fourth-order valence-electron chi connectivity index (χ4n) is 3.03. The number of aliphatic hydroxyl groups is 1. The first-order chi connectivity index (χ1) is 14.7. The molecule has 6 nitrogen and oxygen atoms in total. The van der Waals surface area contributed by atoms with Crippen LogP contribution in [0, 0.1) is 24.5 Å². The molecule has 1 atom stereocenters. The predicted molar refractivity (Wildman–Crippen MR) is 113 cm³/mol. The summed E-state index contributed by atoms with van der Waals surface area (Å²) in [6.45, 7) is 5.24.